The smallest absolute Gasteiger partial charge is 0.307 e. The van der Waals surface area contributed by atoms with Crippen molar-refractivity contribution in [1.29, 1.82) is 0 Å². The lowest BCUT2D eigenvalue weighted by atomic mass is 10.1. The minimum atomic E-state index is -3.97. The topological polar surface area (TPSA) is 102 Å². The Bertz CT molecular complexity index is 718. The molecule has 7 nitrogen and oxygen atoms in total. The van der Waals surface area contributed by atoms with Crippen LogP contribution in [0.15, 0.2) is 23.1 Å². The highest BCUT2D eigenvalue weighted by Gasteiger charge is 2.21. The highest BCUT2D eigenvalue weighted by molar-refractivity contribution is 7.89. The van der Waals surface area contributed by atoms with E-state index in [2.05, 4.69) is 10.0 Å². The zero-order valence-corrected chi connectivity index (χ0v) is 16.9. The first-order chi connectivity index (χ1) is 12.1. The molecule has 0 saturated heterocycles. The van der Waals surface area contributed by atoms with Gasteiger partial charge in [-0.3, -0.25) is 9.59 Å². The van der Waals surface area contributed by atoms with Gasteiger partial charge in [0.2, 0.25) is 10.0 Å². The summed E-state index contributed by atoms with van der Waals surface area (Å²) in [6.07, 6.45) is 0.590. The average Bonchev–Trinajstić information content (AvgIpc) is 2.52. The molecule has 10 heteroatoms. The zero-order chi connectivity index (χ0) is 19.7. The maximum absolute atomic E-state index is 12.2. The van der Waals surface area contributed by atoms with Crippen LogP contribution in [0.2, 0.25) is 10.0 Å². The van der Waals surface area contributed by atoms with E-state index in [9.17, 15) is 18.0 Å². The van der Waals surface area contributed by atoms with E-state index in [1.165, 1.54) is 18.2 Å². The number of hydrogen-bond donors (Lipinski definition) is 2. The van der Waals surface area contributed by atoms with Crippen LogP contribution in [0.1, 0.15) is 26.7 Å². The Morgan fingerprint density at radius 2 is 1.77 bits per heavy atom. The normalized spacial score (nSPS) is 11.4. The molecule has 0 unspecified atom stereocenters. The molecule has 146 valence electrons. The molecule has 1 amide bonds. The number of ether oxygens (including phenoxy) is 1. The highest BCUT2D eigenvalue weighted by atomic mass is 35.5. The molecule has 0 heterocycles. The molecular weight excluding hydrogens is 403 g/mol. The molecule has 0 aliphatic rings. The van der Waals surface area contributed by atoms with E-state index >= 15 is 0 Å². The molecule has 0 radical (unpaired) electrons. The molecule has 0 aromatic heterocycles. The number of sulfonamides is 1. The van der Waals surface area contributed by atoms with Crippen LogP contribution in [-0.4, -0.2) is 40.0 Å². The summed E-state index contributed by atoms with van der Waals surface area (Å²) in [7, 11) is -3.97. The molecule has 26 heavy (non-hydrogen) atoms. The standard InChI is InChI=1S/C16H22Cl2N2O5S/c1-11(2)6-8-19-14(21)10-25-15(22)7-9-20-26(23,24)16-12(17)4-3-5-13(16)18/h3-5,11,20H,6-10H2,1-2H3,(H,19,21). The predicted molar refractivity (Wildman–Crippen MR) is 99.7 cm³/mol. The van der Waals surface area contributed by atoms with E-state index in [4.69, 9.17) is 27.9 Å². The van der Waals surface area contributed by atoms with Crippen LogP contribution in [0.25, 0.3) is 0 Å². The molecule has 0 bridgehead atoms. The van der Waals surface area contributed by atoms with Crippen molar-refractivity contribution in [2.45, 2.75) is 31.6 Å². The number of rotatable bonds is 10. The molecule has 2 N–H and O–H groups in total. The van der Waals surface area contributed by atoms with Gasteiger partial charge in [0.1, 0.15) is 4.90 Å². The number of carbonyl (C=O) groups is 2. The third kappa shape index (κ3) is 7.90. The predicted octanol–water partition coefficient (Wildman–Crippen LogP) is 2.37. The molecular formula is C16H22Cl2N2O5S. The summed E-state index contributed by atoms with van der Waals surface area (Å²) in [5, 5.41) is 2.58. The maximum Gasteiger partial charge on any atom is 0.307 e. The second kappa shape index (κ2) is 10.7. The van der Waals surface area contributed by atoms with E-state index in [0.717, 1.165) is 6.42 Å². The maximum atomic E-state index is 12.2. The van der Waals surface area contributed by atoms with Crippen molar-refractivity contribution >= 4 is 45.1 Å². The number of esters is 1. The first kappa shape index (κ1) is 22.7. The molecule has 0 saturated carbocycles. The Hall–Kier alpha value is -1.35. The van der Waals surface area contributed by atoms with Gasteiger partial charge in [-0.15, -0.1) is 0 Å². The van der Waals surface area contributed by atoms with E-state index < -0.39 is 28.5 Å². The first-order valence-corrected chi connectivity index (χ1v) is 10.2. The monoisotopic (exact) mass is 424 g/mol. The molecule has 0 atom stereocenters. The first-order valence-electron chi connectivity index (χ1n) is 7.99. The molecule has 1 aromatic rings. The van der Waals surface area contributed by atoms with Crippen molar-refractivity contribution < 1.29 is 22.7 Å². The van der Waals surface area contributed by atoms with Gasteiger partial charge in [-0.25, -0.2) is 13.1 Å². The van der Waals surface area contributed by atoms with Crippen molar-refractivity contribution in [2.75, 3.05) is 19.7 Å². The van der Waals surface area contributed by atoms with Crippen molar-refractivity contribution in [3.05, 3.63) is 28.2 Å². The number of hydrogen-bond acceptors (Lipinski definition) is 5. The van der Waals surface area contributed by atoms with Crippen LogP contribution in [0.4, 0.5) is 0 Å². The fourth-order valence-corrected chi connectivity index (χ4v) is 4.04. The van der Waals surface area contributed by atoms with Crippen LogP contribution in [-0.2, 0) is 24.3 Å². The molecule has 1 aromatic carbocycles. The third-order valence-corrected chi connectivity index (χ3v) is 5.63. The lowest BCUT2D eigenvalue weighted by Gasteiger charge is -2.10. The third-order valence-electron chi connectivity index (χ3n) is 3.22. The van der Waals surface area contributed by atoms with Gasteiger partial charge in [0.05, 0.1) is 16.5 Å². The molecule has 1 rings (SSSR count). The van der Waals surface area contributed by atoms with Crippen molar-refractivity contribution in [1.82, 2.24) is 10.0 Å². The quantitative estimate of drug-likeness (QED) is 0.561. The second-order valence-electron chi connectivity index (χ2n) is 5.89. The lowest BCUT2D eigenvalue weighted by molar-refractivity contribution is -0.148. The number of halogens is 2. The highest BCUT2D eigenvalue weighted by Crippen LogP contribution is 2.28. The minimum Gasteiger partial charge on any atom is -0.456 e. The van der Waals surface area contributed by atoms with E-state index in [1.54, 1.807) is 0 Å². The fourth-order valence-electron chi connectivity index (χ4n) is 1.87. The van der Waals surface area contributed by atoms with Gasteiger partial charge in [0.15, 0.2) is 6.61 Å². The van der Waals surface area contributed by atoms with Gasteiger partial charge in [0.25, 0.3) is 5.91 Å². The second-order valence-corrected chi connectivity index (χ2v) is 8.41. The summed E-state index contributed by atoms with van der Waals surface area (Å²) in [6.45, 7) is 3.95. The van der Waals surface area contributed by atoms with Crippen LogP contribution >= 0.6 is 23.2 Å². The lowest BCUT2D eigenvalue weighted by Crippen LogP contribution is -2.31. The zero-order valence-electron chi connectivity index (χ0n) is 14.6. The summed E-state index contributed by atoms with van der Waals surface area (Å²) >= 11 is 11.7. The number of nitrogens with one attached hydrogen (secondary N) is 2. The largest absolute Gasteiger partial charge is 0.456 e. The summed E-state index contributed by atoms with van der Waals surface area (Å²) in [5.74, 6) is -0.642. The van der Waals surface area contributed by atoms with E-state index in [1.807, 2.05) is 13.8 Å². The summed E-state index contributed by atoms with van der Waals surface area (Å²) < 4.78 is 31.4. The van der Waals surface area contributed by atoms with Crippen LogP contribution in [0, 0.1) is 5.92 Å². The minimum absolute atomic E-state index is 0.0226. The van der Waals surface area contributed by atoms with Gasteiger partial charge in [0, 0.05) is 13.1 Å². The Balaban J connectivity index is 2.38. The Labute approximate surface area is 163 Å². The summed E-state index contributed by atoms with van der Waals surface area (Å²) in [6, 6.07) is 4.32. The SMILES string of the molecule is CC(C)CCNC(=O)COC(=O)CCNS(=O)(=O)c1c(Cl)cccc1Cl. The van der Waals surface area contributed by atoms with Crippen molar-refractivity contribution in [3.8, 4) is 0 Å². The Kier molecular flexibility index (Phi) is 9.35. The molecule has 0 spiro atoms. The van der Waals surface area contributed by atoms with E-state index in [-0.39, 0.29) is 27.9 Å². The molecule has 0 fully saturated rings. The van der Waals surface area contributed by atoms with E-state index in [0.29, 0.717) is 12.5 Å². The average molecular weight is 425 g/mol. The number of benzene rings is 1. The van der Waals surface area contributed by atoms with Gasteiger partial charge < -0.3 is 10.1 Å². The van der Waals surface area contributed by atoms with Gasteiger partial charge >= 0.3 is 5.97 Å². The molecule has 0 aliphatic carbocycles. The number of amides is 1. The Morgan fingerprint density at radius 3 is 2.35 bits per heavy atom. The van der Waals surface area contributed by atoms with Crippen LogP contribution < -0.4 is 10.0 Å². The van der Waals surface area contributed by atoms with Gasteiger partial charge in [-0.05, 0) is 24.5 Å². The molecule has 0 aliphatic heterocycles. The van der Waals surface area contributed by atoms with Crippen molar-refractivity contribution in [2.24, 2.45) is 5.92 Å². The van der Waals surface area contributed by atoms with Gasteiger partial charge in [-0.2, -0.15) is 0 Å². The van der Waals surface area contributed by atoms with Crippen LogP contribution in [0.3, 0.4) is 0 Å². The Morgan fingerprint density at radius 1 is 1.15 bits per heavy atom. The number of carbonyl (C=O) groups excluding carboxylic acids is 2. The summed E-state index contributed by atoms with van der Waals surface area (Å²) in [5.41, 5.74) is 0. The van der Waals surface area contributed by atoms with Crippen LogP contribution in [0.5, 0.6) is 0 Å². The fraction of sp³-hybridized carbons (Fsp3) is 0.500. The van der Waals surface area contributed by atoms with Crippen molar-refractivity contribution in [3.63, 3.8) is 0 Å². The van der Waals surface area contributed by atoms with Gasteiger partial charge in [-0.1, -0.05) is 43.1 Å². The summed E-state index contributed by atoms with van der Waals surface area (Å²) in [4.78, 5) is 22.8.